The van der Waals surface area contributed by atoms with Crippen molar-refractivity contribution in [1.29, 1.82) is 0 Å². The molecule has 0 radical (unpaired) electrons. The Bertz CT molecular complexity index is 764. The van der Waals surface area contributed by atoms with Crippen molar-refractivity contribution in [2.45, 2.75) is 25.7 Å². The van der Waals surface area contributed by atoms with Gasteiger partial charge in [0.2, 0.25) is 5.91 Å². The number of nitrogens with zero attached hydrogens (tertiary/aromatic N) is 2. The highest BCUT2D eigenvalue weighted by Gasteiger charge is 2.34. The van der Waals surface area contributed by atoms with Crippen LogP contribution in [0.15, 0.2) is 28.7 Å². The molecule has 0 spiro atoms. The molecule has 0 unspecified atom stereocenters. The van der Waals surface area contributed by atoms with Gasteiger partial charge in [0.05, 0.1) is 6.61 Å². The number of carbonyl (C=O) groups excluding carboxylic acids is 1. The van der Waals surface area contributed by atoms with Crippen LogP contribution in [0.4, 0.5) is 6.01 Å². The number of halogens is 2. The second kappa shape index (κ2) is 11.2. The number of hydrogen-bond acceptors (Lipinski definition) is 6. The first-order chi connectivity index (χ1) is 13.7. The maximum absolute atomic E-state index is 12.7. The summed E-state index contributed by atoms with van der Waals surface area (Å²) in [4.78, 5) is 19.5. The molecule has 2 aliphatic heterocycles. The molecule has 0 atom stereocenters. The molecule has 168 valence electrons. The lowest BCUT2D eigenvalue weighted by Crippen LogP contribution is -2.49. The number of anilines is 1. The molecule has 1 aromatic heterocycles. The summed E-state index contributed by atoms with van der Waals surface area (Å²) >= 11 is 0. The standard InChI is InChI=1S/C21H30N4O3.2ClH/c1-27-15-21(8-10-22-11-9-21)14-23-19(26)16-6-12-25(13-7-16)20-24-17-4-2-3-5-18(17)28-20;;/h2-5,16,22H,6-15H2,1H3,(H,23,26);2*1H. The molecular formula is C21H32Cl2N4O3. The van der Waals surface area contributed by atoms with Crippen LogP contribution in [0.25, 0.3) is 11.1 Å². The molecule has 9 heteroatoms. The zero-order valence-electron chi connectivity index (χ0n) is 17.4. The van der Waals surface area contributed by atoms with E-state index in [2.05, 4.69) is 20.5 Å². The number of benzene rings is 1. The van der Waals surface area contributed by atoms with E-state index in [4.69, 9.17) is 9.15 Å². The number of rotatable bonds is 6. The van der Waals surface area contributed by atoms with Crippen molar-refractivity contribution in [3.63, 3.8) is 0 Å². The van der Waals surface area contributed by atoms with Crippen LogP contribution in [0.3, 0.4) is 0 Å². The van der Waals surface area contributed by atoms with E-state index in [0.29, 0.717) is 19.2 Å². The van der Waals surface area contributed by atoms with Gasteiger partial charge in [-0.2, -0.15) is 4.98 Å². The van der Waals surface area contributed by atoms with E-state index in [0.717, 1.165) is 63.0 Å². The second-order valence-electron chi connectivity index (χ2n) is 8.13. The van der Waals surface area contributed by atoms with Crippen LogP contribution in [0.1, 0.15) is 25.7 Å². The van der Waals surface area contributed by atoms with Gasteiger partial charge in [-0.1, -0.05) is 12.1 Å². The van der Waals surface area contributed by atoms with Crippen molar-refractivity contribution >= 4 is 47.8 Å². The summed E-state index contributed by atoms with van der Waals surface area (Å²) in [5, 5.41) is 6.61. The van der Waals surface area contributed by atoms with E-state index in [1.807, 2.05) is 24.3 Å². The molecule has 30 heavy (non-hydrogen) atoms. The lowest BCUT2D eigenvalue weighted by atomic mass is 9.79. The van der Waals surface area contributed by atoms with Gasteiger partial charge in [-0.3, -0.25) is 4.79 Å². The third-order valence-electron chi connectivity index (χ3n) is 6.17. The van der Waals surface area contributed by atoms with E-state index in [9.17, 15) is 4.79 Å². The molecule has 2 aliphatic rings. The lowest BCUT2D eigenvalue weighted by Gasteiger charge is -2.38. The molecule has 3 heterocycles. The Hall–Kier alpha value is -1.54. The monoisotopic (exact) mass is 458 g/mol. The van der Waals surface area contributed by atoms with Gasteiger partial charge < -0.3 is 24.7 Å². The average Bonchev–Trinajstić information content (AvgIpc) is 3.17. The van der Waals surface area contributed by atoms with E-state index in [1.165, 1.54) is 0 Å². The Labute approximate surface area is 190 Å². The van der Waals surface area contributed by atoms with E-state index in [1.54, 1.807) is 7.11 Å². The number of oxazole rings is 1. The number of amides is 1. The fourth-order valence-electron chi connectivity index (χ4n) is 4.38. The number of ether oxygens (including phenoxy) is 1. The predicted octanol–water partition coefficient (Wildman–Crippen LogP) is 3.02. The molecular weight excluding hydrogens is 427 g/mol. The zero-order chi connectivity index (χ0) is 19.4. The fourth-order valence-corrected chi connectivity index (χ4v) is 4.38. The maximum Gasteiger partial charge on any atom is 0.298 e. The summed E-state index contributed by atoms with van der Waals surface area (Å²) in [5.74, 6) is 0.230. The third-order valence-corrected chi connectivity index (χ3v) is 6.17. The van der Waals surface area contributed by atoms with Crippen molar-refractivity contribution in [1.82, 2.24) is 15.6 Å². The minimum Gasteiger partial charge on any atom is -0.423 e. The second-order valence-corrected chi connectivity index (χ2v) is 8.13. The van der Waals surface area contributed by atoms with Crippen LogP contribution in [-0.2, 0) is 9.53 Å². The number of fused-ring (bicyclic) bond motifs is 1. The number of piperidine rings is 2. The molecule has 2 saturated heterocycles. The van der Waals surface area contributed by atoms with Gasteiger partial charge in [0.25, 0.3) is 6.01 Å². The van der Waals surface area contributed by atoms with Crippen molar-refractivity contribution in [2.75, 3.05) is 51.3 Å². The Morgan fingerprint density at radius 3 is 2.63 bits per heavy atom. The number of methoxy groups -OCH3 is 1. The van der Waals surface area contributed by atoms with E-state index < -0.39 is 0 Å². The Balaban J connectivity index is 0.00000160. The molecule has 2 N–H and O–H groups in total. The van der Waals surface area contributed by atoms with Gasteiger partial charge in [-0.15, -0.1) is 24.8 Å². The topological polar surface area (TPSA) is 79.6 Å². The molecule has 0 bridgehead atoms. The Morgan fingerprint density at radius 1 is 1.27 bits per heavy atom. The molecule has 2 fully saturated rings. The summed E-state index contributed by atoms with van der Waals surface area (Å²) in [6.07, 6.45) is 3.72. The summed E-state index contributed by atoms with van der Waals surface area (Å²) < 4.78 is 11.3. The van der Waals surface area contributed by atoms with E-state index in [-0.39, 0.29) is 42.1 Å². The first-order valence-corrected chi connectivity index (χ1v) is 10.3. The maximum atomic E-state index is 12.7. The highest BCUT2D eigenvalue weighted by molar-refractivity contribution is 5.85. The number of carbonyl (C=O) groups is 1. The highest BCUT2D eigenvalue weighted by Crippen LogP contribution is 2.29. The molecule has 1 aromatic carbocycles. The number of nitrogens with one attached hydrogen (secondary N) is 2. The smallest absolute Gasteiger partial charge is 0.298 e. The Morgan fingerprint density at radius 2 is 1.97 bits per heavy atom. The van der Waals surface area contributed by atoms with Crippen LogP contribution in [0.5, 0.6) is 0 Å². The van der Waals surface area contributed by atoms with Crippen molar-refractivity contribution < 1.29 is 13.9 Å². The molecule has 4 rings (SSSR count). The van der Waals surface area contributed by atoms with Crippen molar-refractivity contribution in [3.05, 3.63) is 24.3 Å². The van der Waals surface area contributed by atoms with Gasteiger partial charge in [0, 0.05) is 38.1 Å². The van der Waals surface area contributed by atoms with E-state index >= 15 is 0 Å². The highest BCUT2D eigenvalue weighted by atomic mass is 35.5. The zero-order valence-corrected chi connectivity index (χ0v) is 19.0. The number of para-hydroxylation sites is 2. The first kappa shape index (κ1) is 24.7. The van der Waals surface area contributed by atoms with Gasteiger partial charge in [-0.05, 0) is 50.9 Å². The molecule has 7 nitrogen and oxygen atoms in total. The molecule has 0 saturated carbocycles. The van der Waals surface area contributed by atoms with Gasteiger partial charge >= 0.3 is 0 Å². The minimum absolute atomic E-state index is 0. The summed E-state index contributed by atoms with van der Waals surface area (Å²) in [6.45, 7) is 4.96. The summed E-state index contributed by atoms with van der Waals surface area (Å²) in [6, 6.07) is 8.46. The van der Waals surface area contributed by atoms with Gasteiger partial charge in [0.15, 0.2) is 5.58 Å². The third kappa shape index (κ3) is 5.58. The Kier molecular flexibility index (Phi) is 9.22. The fraction of sp³-hybridized carbons (Fsp3) is 0.619. The minimum atomic E-state index is 0. The summed E-state index contributed by atoms with van der Waals surface area (Å²) in [7, 11) is 1.74. The van der Waals surface area contributed by atoms with Crippen LogP contribution >= 0.6 is 24.8 Å². The average molecular weight is 459 g/mol. The van der Waals surface area contributed by atoms with Crippen molar-refractivity contribution in [3.8, 4) is 0 Å². The van der Waals surface area contributed by atoms with Crippen LogP contribution in [-0.4, -0.2) is 57.3 Å². The summed E-state index contributed by atoms with van der Waals surface area (Å²) in [5.41, 5.74) is 1.75. The molecule has 1 amide bonds. The van der Waals surface area contributed by atoms with Gasteiger partial charge in [0.1, 0.15) is 5.52 Å². The van der Waals surface area contributed by atoms with Crippen molar-refractivity contribution in [2.24, 2.45) is 11.3 Å². The van der Waals surface area contributed by atoms with Gasteiger partial charge in [-0.25, -0.2) is 0 Å². The number of aromatic nitrogens is 1. The largest absolute Gasteiger partial charge is 0.423 e. The molecule has 0 aliphatic carbocycles. The van der Waals surface area contributed by atoms with Crippen LogP contribution in [0.2, 0.25) is 0 Å². The first-order valence-electron chi connectivity index (χ1n) is 10.3. The quantitative estimate of drug-likeness (QED) is 0.692. The predicted molar refractivity (Wildman–Crippen MR) is 123 cm³/mol. The SMILES string of the molecule is COCC1(CNC(=O)C2CCN(c3nc4ccccc4o3)CC2)CCNCC1.Cl.Cl. The van der Waals surface area contributed by atoms with Crippen LogP contribution < -0.4 is 15.5 Å². The lowest BCUT2D eigenvalue weighted by molar-refractivity contribution is -0.126. The molecule has 2 aromatic rings. The normalized spacial score (nSPS) is 19.0. The number of hydrogen-bond donors (Lipinski definition) is 2. The van der Waals surface area contributed by atoms with Crippen LogP contribution in [0, 0.1) is 11.3 Å².